The van der Waals surface area contributed by atoms with Gasteiger partial charge in [-0.25, -0.2) is 0 Å². The summed E-state index contributed by atoms with van der Waals surface area (Å²) in [5.74, 6) is 2.69. The summed E-state index contributed by atoms with van der Waals surface area (Å²) in [6.45, 7) is 1.47. The minimum Gasteiger partial charge on any atom is -0.497 e. The van der Waals surface area contributed by atoms with E-state index in [0.717, 1.165) is 40.2 Å². The van der Waals surface area contributed by atoms with Crippen LogP contribution in [0, 0.1) is 0 Å². The van der Waals surface area contributed by atoms with E-state index in [4.69, 9.17) is 30.5 Å². The molecule has 0 bridgehead atoms. The lowest BCUT2D eigenvalue weighted by atomic mass is 10.2. The first-order chi connectivity index (χ1) is 15.1. The molecule has 0 heterocycles. The van der Waals surface area contributed by atoms with E-state index in [9.17, 15) is 0 Å². The van der Waals surface area contributed by atoms with Gasteiger partial charge in [-0.2, -0.15) is 0 Å². The van der Waals surface area contributed by atoms with Gasteiger partial charge in [0.15, 0.2) is 11.5 Å². The minimum absolute atomic E-state index is 0.352. The van der Waals surface area contributed by atoms with Gasteiger partial charge in [-0.05, 0) is 47.5 Å². The van der Waals surface area contributed by atoms with Crippen LogP contribution in [0.1, 0.15) is 11.1 Å². The molecule has 0 spiro atoms. The Morgan fingerprint density at radius 3 is 1.84 bits per heavy atom. The van der Waals surface area contributed by atoms with Crippen molar-refractivity contribution in [1.82, 2.24) is 0 Å². The summed E-state index contributed by atoms with van der Waals surface area (Å²) in [7, 11) is 3.29. The third kappa shape index (κ3) is 6.45. The fraction of sp³-hybridized carbons (Fsp3) is 0.250. The van der Waals surface area contributed by atoms with Crippen LogP contribution in [0.5, 0.6) is 23.0 Å². The molecule has 0 unspecified atom stereocenters. The third-order valence-electron chi connectivity index (χ3n) is 4.57. The maximum Gasteiger partial charge on any atom is 0.182 e. The Morgan fingerprint density at radius 2 is 1.32 bits per heavy atom. The van der Waals surface area contributed by atoms with E-state index in [1.165, 1.54) is 0 Å². The van der Waals surface area contributed by atoms with Gasteiger partial charge >= 0.3 is 0 Å². The predicted molar refractivity (Wildman–Crippen MR) is 128 cm³/mol. The number of anilines is 1. The van der Waals surface area contributed by atoms with E-state index in [0.29, 0.717) is 29.7 Å². The predicted octanol–water partition coefficient (Wildman–Crippen LogP) is 6.32. The number of nitrogens with one attached hydrogen (secondary N) is 1. The number of halogens is 2. The Kier molecular flexibility index (Phi) is 8.74. The number of benzene rings is 3. The quantitative estimate of drug-likeness (QED) is 0.308. The number of ether oxygens (including phenoxy) is 4. The van der Waals surface area contributed by atoms with Gasteiger partial charge in [0, 0.05) is 11.9 Å². The van der Waals surface area contributed by atoms with Gasteiger partial charge in [-0.3, -0.25) is 0 Å². The number of hydrogen-bond acceptors (Lipinski definition) is 5. The highest BCUT2D eigenvalue weighted by molar-refractivity contribution is 9.09. The zero-order valence-electron chi connectivity index (χ0n) is 17.5. The monoisotopic (exact) mass is 505 g/mol. The smallest absolute Gasteiger partial charge is 0.182 e. The molecule has 3 aromatic rings. The minimum atomic E-state index is 0.352. The molecule has 0 aliphatic carbocycles. The van der Waals surface area contributed by atoms with Crippen molar-refractivity contribution in [3.8, 4) is 23.0 Å². The summed E-state index contributed by atoms with van der Waals surface area (Å²) in [6.07, 6.45) is 0. The van der Waals surface area contributed by atoms with Crippen LogP contribution in [0.25, 0.3) is 0 Å². The SMILES string of the molecule is COc1ccc(COc2ccc(NCCBr)c(Cl)c2OCc2ccc(OC)cc2)cc1. The number of rotatable bonds is 11. The molecule has 0 atom stereocenters. The van der Waals surface area contributed by atoms with Gasteiger partial charge in [0.1, 0.15) is 29.7 Å². The molecule has 7 heteroatoms. The van der Waals surface area contributed by atoms with Crippen molar-refractivity contribution < 1.29 is 18.9 Å². The molecule has 0 amide bonds. The molecule has 3 rings (SSSR count). The van der Waals surface area contributed by atoms with E-state index in [1.54, 1.807) is 14.2 Å². The van der Waals surface area contributed by atoms with Crippen LogP contribution in [0.15, 0.2) is 60.7 Å². The van der Waals surface area contributed by atoms with E-state index in [1.807, 2.05) is 60.7 Å². The fourth-order valence-electron chi connectivity index (χ4n) is 2.87. The molecule has 0 saturated heterocycles. The lowest BCUT2D eigenvalue weighted by Crippen LogP contribution is -2.06. The molecule has 0 aliphatic heterocycles. The normalized spacial score (nSPS) is 10.5. The highest BCUT2D eigenvalue weighted by Gasteiger charge is 2.15. The van der Waals surface area contributed by atoms with Crippen LogP contribution >= 0.6 is 27.5 Å². The first-order valence-electron chi connectivity index (χ1n) is 9.78. The molecule has 0 fully saturated rings. The maximum absolute atomic E-state index is 6.67. The van der Waals surface area contributed by atoms with E-state index in [2.05, 4.69) is 21.2 Å². The molecule has 0 aromatic heterocycles. The molecule has 5 nitrogen and oxygen atoms in total. The summed E-state index contributed by atoms with van der Waals surface area (Å²) < 4.78 is 22.6. The Labute approximate surface area is 196 Å². The van der Waals surface area contributed by atoms with E-state index >= 15 is 0 Å². The van der Waals surface area contributed by atoms with Gasteiger partial charge in [0.05, 0.1) is 19.9 Å². The highest BCUT2D eigenvalue weighted by atomic mass is 79.9. The van der Waals surface area contributed by atoms with Crippen LogP contribution in [-0.2, 0) is 13.2 Å². The molecule has 1 N–H and O–H groups in total. The summed E-state index contributed by atoms with van der Waals surface area (Å²) >= 11 is 10.1. The molecular weight excluding hydrogens is 482 g/mol. The summed E-state index contributed by atoms with van der Waals surface area (Å²) in [4.78, 5) is 0. The fourth-order valence-corrected chi connectivity index (χ4v) is 3.34. The van der Waals surface area contributed by atoms with Crippen molar-refractivity contribution >= 4 is 33.2 Å². The van der Waals surface area contributed by atoms with Crippen LogP contribution in [0.2, 0.25) is 5.02 Å². The zero-order chi connectivity index (χ0) is 22.1. The van der Waals surface area contributed by atoms with Crippen molar-refractivity contribution in [2.45, 2.75) is 13.2 Å². The Morgan fingerprint density at radius 1 is 0.774 bits per heavy atom. The Hall–Kier alpha value is -2.57. The zero-order valence-corrected chi connectivity index (χ0v) is 19.8. The van der Waals surface area contributed by atoms with Gasteiger partial charge in [-0.1, -0.05) is 51.8 Å². The van der Waals surface area contributed by atoms with Crippen LogP contribution in [0.3, 0.4) is 0 Å². The van der Waals surface area contributed by atoms with Crippen molar-refractivity contribution in [2.75, 3.05) is 31.4 Å². The van der Waals surface area contributed by atoms with Crippen LogP contribution < -0.4 is 24.3 Å². The van der Waals surface area contributed by atoms with Gasteiger partial charge in [0.25, 0.3) is 0 Å². The average molecular weight is 507 g/mol. The van der Waals surface area contributed by atoms with Crippen molar-refractivity contribution in [1.29, 1.82) is 0 Å². The third-order valence-corrected chi connectivity index (χ3v) is 5.34. The molecule has 0 radical (unpaired) electrons. The summed E-state index contributed by atoms with van der Waals surface area (Å²) in [5, 5.41) is 4.58. The molecule has 0 aliphatic rings. The summed E-state index contributed by atoms with van der Waals surface area (Å²) in [6, 6.07) is 19.2. The second-order valence-corrected chi connectivity index (χ2v) is 7.81. The lowest BCUT2D eigenvalue weighted by Gasteiger charge is -2.17. The van der Waals surface area contributed by atoms with E-state index < -0.39 is 0 Å². The highest BCUT2D eigenvalue weighted by Crippen LogP contribution is 2.41. The number of hydrogen-bond donors (Lipinski definition) is 1. The molecule has 31 heavy (non-hydrogen) atoms. The molecular formula is C24H25BrClNO4. The maximum atomic E-state index is 6.67. The Bertz CT molecular complexity index is 965. The van der Waals surface area contributed by atoms with Gasteiger partial charge < -0.3 is 24.3 Å². The Balaban J connectivity index is 1.78. The number of methoxy groups -OCH3 is 2. The average Bonchev–Trinajstić information content (AvgIpc) is 2.82. The van der Waals surface area contributed by atoms with Crippen molar-refractivity contribution in [2.24, 2.45) is 0 Å². The van der Waals surface area contributed by atoms with Crippen LogP contribution in [-0.4, -0.2) is 26.1 Å². The molecule has 3 aromatic carbocycles. The van der Waals surface area contributed by atoms with Crippen LogP contribution in [0.4, 0.5) is 5.69 Å². The van der Waals surface area contributed by atoms with Crippen molar-refractivity contribution in [3.05, 3.63) is 76.8 Å². The lowest BCUT2D eigenvalue weighted by molar-refractivity contribution is 0.256. The topological polar surface area (TPSA) is 49.0 Å². The first kappa shape index (κ1) is 23.1. The standard InChI is InChI=1S/C24H25BrClNO4/c1-28-19-7-3-17(4-8-19)15-30-22-12-11-21(27-14-13-25)23(26)24(22)31-16-18-5-9-20(29-2)10-6-18/h3-12,27H,13-16H2,1-2H3. The molecule has 0 saturated carbocycles. The second-order valence-electron chi connectivity index (χ2n) is 6.64. The van der Waals surface area contributed by atoms with Gasteiger partial charge in [-0.15, -0.1) is 0 Å². The van der Waals surface area contributed by atoms with Gasteiger partial charge in [0.2, 0.25) is 0 Å². The van der Waals surface area contributed by atoms with E-state index in [-0.39, 0.29) is 0 Å². The molecule has 164 valence electrons. The second kappa shape index (κ2) is 11.7. The summed E-state index contributed by atoms with van der Waals surface area (Å²) in [5.41, 5.74) is 2.80. The first-order valence-corrected chi connectivity index (χ1v) is 11.3. The largest absolute Gasteiger partial charge is 0.497 e. The van der Waals surface area contributed by atoms with Crippen molar-refractivity contribution in [3.63, 3.8) is 0 Å². The number of alkyl halides is 1.